The molecule has 3 aromatic rings. The molecule has 3 aromatic carbocycles. The van der Waals surface area contributed by atoms with Crippen LogP contribution in [0.1, 0.15) is 27.0 Å². The number of aryl methyl sites for hydroxylation is 1. The zero-order valence-electron chi connectivity index (χ0n) is 15.2. The smallest absolute Gasteiger partial charge is 0.275 e. The highest BCUT2D eigenvalue weighted by Gasteiger charge is 2.10. The fraction of sp³-hybridized carbons (Fsp3) is 0.0909. The molecule has 142 valence electrons. The van der Waals surface area contributed by atoms with E-state index in [0.29, 0.717) is 11.1 Å². The first kappa shape index (κ1) is 19.6. The first-order chi connectivity index (χ1) is 13.5. The van der Waals surface area contributed by atoms with Crippen molar-refractivity contribution in [2.45, 2.75) is 13.5 Å². The largest absolute Gasteiger partial charge is 0.507 e. The molecule has 0 heterocycles. The van der Waals surface area contributed by atoms with E-state index in [9.17, 15) is 9.90 Å². The number of nitrogens with one attached hydrogen (secondary N) is 1. The third-order valence-corrected chi connectivity index (χ3v) is 4.48. The molecule has 6 heteroatoms. The van der Waals surface area contributed by atoms with E-state index >= 15 is 0 Å². The first-order valence-electron chi connectivity index (χ1n) is 8.61. The SMILES string of the molecule is Cc1ccc(COc2ccc(/C=N/NC(=O)c3cc(Br)ccc3O)cc2)cc1. The Balaban J connectivity index is 1.54. The molecule has 1 amide bonds. The number of hydrazone groups is 1. The van der Waals surface area contributed by atoms with Gasteiger partial charge < -0.3 is 9.84 Å². The Labute approximate surface area is 171 Å². The Morgan fingerprint density at radius 3 is 2.54 bits per heavy atom. The topological polar surface area (TPSA) is 70.9 Å². The highest BCUT2D eigenvalue weighted by atomic mass is 79.9. The van der Waals surface area contributed by atoms with Crippen LogP contribution in [0.4, 0.5) is 0 Å². The van der Waals surface area contributed by atoms with Crippen molar-refractivity contribution in [1.82, 2.24) is 5.43 Å². The maximum Gasteiger partial charge on any atom is 0.275 e. The van der Waals surface area contributed by atoms with Crippen LogP contribution in [-0.4, -0.2) is 17.2 Å². The van der Waals surface area contributed by atoms with Crippen molar-refractivity contribution in [3.05, 3.63) is 93.5 Å². The number of aromatic hydroxyl groups is 1. The number of halogens is 1. The number of phenolic OH excluding ortho intramolecular Hbond substituents is 1. The molecule has 0 radical (unpaired) electrons. The number of benzene rings is 3. The van der Waals surface area contributed by atoms with Crippen LogP contribution in [0.25, 0.3) is 0 Å². The van der Waals surface area contributed by atoms with Crippen molar-refractivity contribution in [3.63, 3.8) is 0 Å². The summed E-state index contributed by atoms with van der Waals surface area (Å²) < 4.78 is 6.46. The second kappa shape index (κ2) is 9.19. The van der Waals surface area contributed by atoms with Gasteiger partial charge in [-0.05, 0) is 60.5 Å². The monoisotopic (exact) mass is 438 g/mol. The summed E-state index contributed by atoms with van der Waals surface area (Å²) in [6, 6.07) is 20.2. The normalized spacial score (nSPS) is 10.8. The molecular formula is C22H19BrN2O3. The molecule has 5 nitrogen and oxygen atoms in total. The van der Waals surface area contributed by atoms with Gasteiger partial charge in [0, 0.05) is 4.47 Å². The summed E-state index contributed by atoms with van der Waals surface area (Å²) in [4.78, 5) is 12.1. The van der Waals surface area contributed by atoms with E-state index in [4.69, 9.17) is 4.74 Å². The van der Waals surface area contributed by atoms with E-state index < -0.39 is 5.91 Å². The number of carbonyl (C=O) groups is 1. The average molecular weight is 439 g/mol. The quantitative estimate of drug-likeness (QED) is 0.428. The van der Waals surface area contributed by atoms with Crippen LogP contribution in [0.15, 0.2) is 76.3 Å². The number of rotatable bonds is 6. The number of carbonyl (C=O) groups excluding carboxylic acids is 1. The van der Waals surface area contributed by atoms with Gasteiger partial charge in [-0.15, -0.1) is 0 Å². The second-order valence-corrected chi connectivity index (χ2v) is 7.12. The van der Waals surface area contributed by atoms with Crippen LogP contribution in [-0.2, 0) is 6.61 Å². The molecule has 0 spiro atoms. The van der Waals surface area contributed by atoms with Crippen LogP contribution in [0.5, 0.6) is 11.5 Å². The number of phenols is 1. The zero-order chi connectivity index (χ0) is 19.9. The third kappa shape index (κ3) is 5.44. The van der Waals surface area contributed by atoms with E-state index in [2.05, 4.69) is 45.5 Å². The maximum absolute atomic E-state index is 12.1. The van der Waals surface area contributed by atoms with Gasteiger partial charge in [-0.25, -0.2) is 5.43 Å². The van der Waals surface area contributed by atoms with Gasteiger partial charge in [0.15, 0.2) is 0 Å². The van der Waals surface area contributed by atoms with Crippen molar-refractivity contribution in [2.75, 3.05) is 0 Å². The van der Waals surface area contributed by atoms with Gasteiger partial charge in [0.05, 0.1) is 11.8 Å². The molecule has 0 saturated heterocycles. The molecule has 0 bridgehead atoms. The van der Waals surface area contributed by atoms with E-state index in [1.165, 1.54) is 23.9 Å². The summed E-state index contributed by atoms with van der Waals surface area (Å²) in [7, 11) is 0. The maximum atomic E-state index is 12.1. The minimum atomic E-state index is -0.492. The Hall–Kier alpha value is -3.12. The molecule has 0 unspecified atom stereocenters. The molecule has 3 rings (SSSR count). The van der Waals surface area contributed by atoms with E-state index in [1.807, 2.05) is 36.4 Å². The molecule has 0 aromatic heterocycles. The fourth-order valence-corrected chi connectivity index (χ4v) is 2.78. The van der Waals surface area contributed by atoms with Gasteiger partial charge in [-0.3, -0.25) is 4.79 Å². The third-order valence-electron chi connectivity index (χ3n) is 3.99. The molecular weight excluding hydrogens is 420 g/mol. The zero-order valence-corrected chi connectivity index (χ0v) is 16.8. The highest BCUT2D eigenvalue weighted by Crippen LogP contribution is 2.21. The Bertz CT molecular complexity index is 984. The molecule has 0 aliphatic carbocycles. The minimum absolute atomic E-state index is 0.106. The summed E-state index contributed by atoms with van der Waals surface area (Å²) in [6.45, 7) is 2.55. The Morgan fingerprint density at radius 2 is 1.82 bits per heavy atom. The molecule has 2 N–H and O–H groups in total. The lowest BCUT2D eigenvalue weighted by atomic mass is 10.2. The van der Waals surface area contributed by atoms with E-state index in [-0.39, 0.29) is 11.3 Å². The second-order valence-electron chi connectivity index (χ2n) is 6.20. The van der Waals surface area contributed by atoms with Crippen LogP contribution in [0.3, 0.4) is 0 Å². The molecule has 0 atom stereocenters. The lowest BCUT2D eigenvalue weighted by molar-refractivity contribution is 0.0952. The predicted molar refractivity (Wildman–Crippen MR) is 113 cm³/mol. The van der Waals surface area contributed by atoms with Gasteiger partial charge >= 0.3 is 0 Å². The summed E-state index contributed by atoms with van der Waals surface area (Å²) in [5, 5.41) is 13.7. The Kier molecular flexibility index (Phi) is 6.45. The number of ether oxygens (including phenoxy) is 1. The minimum Gasteiger partial charge on any atom is -0.507 e. The molecule has 0 saturated carbocycles. The molecule has 0 aliphatic heterocycles. The van der Waals surface area contributed by atoms with Crippen LogP contribution >= 0.6 is 15.9 Å². The van der Waals surface area contributed by atoms with E-state index in [1.54, 1.807) is 6.07 Å². The first-order valence-corrected chi connectivity index (χ1v) is 9.41. The summed E-state index contributed by atoms with van der Waals surface area (Å²) in [5.41, 5.74) is 5.67. The van der Waals surface area contributed by atoms with Gasteiger partial charge in [0.2, 0.25) is 0 Å². The molecule has 0 aliphatic rings. The van der Waals surface area contributed by atoms with E-state index in [0.717, 1.165) is 16.9 Å². The summed E-state index contributed by atoms with van der Waals surface area (Å²) in [5.74, 6) is 0.153. The number of amides is 1. The standard InChI is InChI=1S/C22H19BrN2O3/c1-15-2-4-17(5-3-15)14-28-19-9-6-16(7-10-19)13-24-25-22(27)20-12-18(23)8-11-21(20)26/h2-13,26H,14H2,1H3,(H,25,27)/b24-13+. The number of hydrogen-bond donors (Lipinski definition) is 2. The van der Waals surface area contributed by atoms with Gasteiger partial charge in [-0.1, -0.05) is 45.8 Å². The van der Waals surface area contributed by atoms with Crippen LogP contribution < -0.4 is 10.2 Å². The van der Waals surface area contributed by atoms with Crippen molar-refractivity contribution >= 4 is 28.1 Å². The van der Waals surface area contributed by atoms with Crippen LogP contribution in [0.2, 0.25) is 0 Å². The summed E-state index contributed by atoms with van der Waals surface area (Å²) in [6.07, 6.45) is 1.52. The van der Waals surface area contributed by atoms with Crippen molar-refractivity contribution in [1.29, 1.82) is 0 Å². The lowest BCUT2D eigenvalue weighted by Crippen LogP contribution is -2.17. The van der Waals surface area contributed by atoms with Gasteiger partial charge in [-0.2, -0.15) is 5.10 Å². The van der Waals surface area contributed by atoms with Crippen molar-refractivity contribution in [2.24, 2.45) is 5.10 Å². The highest BCUT2D eigenvalue weighted by molar-refractivity contribution is 9.10. The fourth-order valence-electron chi connectivity index (χ4n) is 2.42. The van der Waals surface area contributed by atoms with Crippen molar-refractivity contribution < 1.29 is 14.6 Å². The summed E-state index contributed by atoms with van der Waals surface area (Å²) >= 11 is 3.27. The predicted octanol–water partition coefficient (Wildman–Crippen LogP) is 4.81. The van der Waals surface area contributed by atoms with Gasteiger partial charge in [0.25, 0.3) is 5.91 Å². The van der Waals surface area contributed by atoms with Crippen molar-refractivity contribution in [3.8, 4) is 11.5 Å². The average Bonchev–Trinajstić information content (AvgIpc) is 2.70. The van der Waals surface area contributed by atoms with Crippen LogP contribution in [0, 0.1) is 6.92 Å². The number of nitrogens with zero attached hydrogens (tertiary/aromatic N) is 1. The lowest BCUT2D eigenvalue weighted by Gasteiger charge is -2.07. The number of hydrogen-bond acceptors (Lipinski definition) is 4. The molecule has 28 heavy (non-hydrogen) atoms. The Morgan fingerprint density at radius 1 is 1.11 bits per heavy atom. The molecule has 0 fully saturated rings. The van der Waals surface area contributed by atoms with Gasteiger partial charge in [0.1, 0.15) is 18.1 Å².